The topological polar surface area (TPSA) is 52.6 Å². The fourth-order valence-electron chi connectivity index (χ4n) is 0.717. The summed E-state index contributed by atoms with van der Waals surface area (Å²) in [4.78, 5) is 21.6. The second kappa shape index (κ2) is 9.59. The molecule has 92 valence electrons. The summed E-state index contributed by atoms with van der Waals surface area (Å²) in [6.45, 7) is 3.85. The maximum atomic E-state index is 10.8. The second-order valence-electron chi connectivity index (χ2n) is 2.89. The Morgan fingerprint density at radius 2 is 1.31 bits per heavy atom. The SMILES string of the molecule is C=C(CSCC(=O)OC)CSCC(=O)OC. The lowest BCUT2D eigenvalue weighted by Gasteiger charge is -2.04. The van der Waals surface area contributed by atoms with Crippen LogP contribution in [0.4, 0.5) is 0 Å². The Morgan fingerprint density at radius 1 is 0.938 bits per heavy atom. The number of rotatable bonds is 8. The number of esters is 2. The van der Waals surface area contributed by atoms with Crippen LogP contribution in [0.2, 0.25) is 0 Å². The van der Waals surface area contributed by atoms with Gasteiger partial charge in [-0.1, -0.05) is 12.2 Å². The lowest BCUT2D eigenvalue weighted by Crippen LogP contribution is -2.06. The van der Waals surface area contributed by atoms with Crippen LogP contribution in [0.1, 0.15) is 0 Å². The first kappa shape index (κ1) is 15.4. The monoisotopic (exact) mass is 264 g/mol. The maximum absolute atomic E-state index is 10.8. The van der Waals surface area contributed by atoms with Gasteiger partial charge in [-0.25, -0.2) is 0 Å². The molecule has 0 aromatic carbocycles. The highest BCUT2D eigenvalue weighted by Crippen LogP contribution is 2.12. The van der Waals surface area contributed by atoms with Gasteiger partial charge in [-0.3, -0.25) is 9.59 Å². The van der Waals surface area contributed by atoms with Crippen molar-refractivity contribution in [2.24, 2.45) is 0 Å². The molecule has 0 aliphatic rings. The molecule has 0 fully saturated rings. The average molecular weight is 264 g/mol. The molecule has 0 saturated carbocycles. The van der Waals surface area contributed by atoms with Crippen molar-refractivity contribution in [2.45, 2.75) is 0 Å². The minimum atomic E-state index is -0.236. The van der Waals surface area contributed by atoms with Crippen molar-refractivity contribution >= 4 is 35.5 Å². The molecule has 0 heterocycles. The molecule has 0 spiro atoms. The van der Waals surface area contributed by atoms with E-state index in [1.54, 1.807) is 0 Å². The average Bonchev–Trinajstić information content (AvgIpc) is 2.28. The summed E-state index contributed by atoms with van der Waals surface area (Å²) in [6, 6.07) is 0. The molecule has 0 bridgehead atoms. The first-order chi connectivity index (χ1) is 7.60. The van der Waals surface area contributed by atoms with E-state index >= 15 is 0 Å². The molecule has 4 nitrogen and oxygen atoms in total. The van der Waals surface area contributed by atoms with Gasteiger partial charge in [0.25, 0.3) is 0 Å². The van der Waals surface area contributed by atoms with E-state index < -0.39 is 0 Å². The predicted octanol–water partition coefficient (Wildman–Crippen LogP) is 1.35. The molecule has 0 aromatic heterocycles. The Hall–Kier alpha value is -0.620. The Morgan fingerprint density at radius 3 is 1.62 bits per heavy atom. The van der Waals surface area contributed by atoms with Crippen LogP contribution in [-0.4, -0.2) is 49.2 Å². The molecule has 0 unspecified atom stereocenters. The zero-order valence-corrected chi connectivity index (χ0v) is 11.1. The van der Waals surface area contributed by atoms with Gasteiger partial charge in [0.2, 0.25) is 0 Å². The Bertz CT molecular complexity index is 229. The van der Waals surface area contributed by atoms with Crippen LogP contribution >= 0.6 is 23.5 Å². The fourth-order valence-corrected chi connectivity index (χ4v) is 2.40. The van der Waals surface area contributed by atoms with Crippen LogP contribution < -0.4 is 0 Å². The maximum Gasteiger partial charge on any atom is 0.315 e. The zero-order chi connectivity index (χ0) is 12.4. The van der Waals surface area contributed by atoms with Crippen molar-refractivity contribution in [1.29, 1.82) is 0 Å². The molecule has 0 rings (SSSR count). The van der Waals surface area contributed by atoms with Gasteiger partial charge in [-0.15, -0.1) is 23.5 Å². The molecule has 0 saturated heterocycles. The van der Waals surface area contributed by atoms with E-state index in [9.17, 15) is 9.59 Å². The van der Waals surface area contributed by atoms with E-state index in [0.717, 1.165) is 5.57 Å². The van der Waals surface area contributed by atoms with Crippen LogP contribution in [0.5, 0.6) is 0 Å². The van der Waals surface area contributed by atoms with Gasteiger partial charge in [0.15, 0.2) is 0 Å². The molecule has 6 heteroatoms. The number of methoxy groups -OCH3 is 2. The number of carbonyl (C=O) groups is 2. The largest absolute Gasteiger partial charge is 0.468 e. The summed E-state index contributed by atoms with van der Waals surface area (Å²) in [5.41, 5.74) is 0.989. The highest BCUT2D eigenvalue weighted by molar-refractivity contribution is 8.01. The summed E-state index contributed by atoms with van der Waals surface area (Å²) in [7, 11) is 2.73. The van der Waals surface area contributed by atoms with Gasteiger partial charge in [0.05, 0.1) is 25.7 Å². The lowest BCUT2D eigenvalue weighted by atomic mass is 10.4. The summed E-state index contributed by atoms with van der Waals surface area (Å²) >= 11 is 2.91. The molecule has 0 atom stereocenters. The number of thioether (sulfide) groups is 2. The van der Waals surface area contributed by atoms with E-state index in [-0.39, 0.29) is 11.9 Å². The Balaban J connectivity index is 3.45. The fraction of sp³-hybridized carbons (Fsp3) is 0.600. The third kappa shape index (κ3) is 8.67. The Labute approximate surface area is 104 Å². The van der Waals surface area contributed by atoms with Gasteiger partial charge in [0.1, 0.15) is 0 Å². The molecule has 0 aliphatic heterocycles. The summed E-state index contributed by atoms with van der Waals surface area (Å²) in [6.07, 6.45) is 0. The summed E-state index contributed by atoms with van der Waals surface area (Å²) in [5.74, 6) is 1.58. The molecule has 0 aliphatic carbocycles. The molecular weight excluding hydrogens is 248 g/mol. The highest BCUT2D eigenvalue weighted by Gasteiger charge is 2.03. The minimum Gasteiger partial charge on any atom is -0.468 e. The number of carbonyl (C=O) groups excluding carboxylic acids is 2. The van der Waals surface area contributed by atoms with Crippen molar-refractivity contribution < 1.29 is 19.1 Å². The number of hydrogen-bond acceptors (Lipinski definition) is 6. The van der Waals surface area contributed by atoms with E-state index in [0.29, 0.717) is 23.0 Å². The van der Waals surface area contributed by atoms with Crippen LogP contribution in [0.15, 0.2) is 12.2 Å². The minimum absolute atomic E-state index is 0.236. The summed E-state index contributed by atoms with van der Waals surface area (Å²) < 4.78 is 9.01. The van der Waals surface area contributed by atoms with Crippen molar-refractivity contribution in [3.05, 3.63) is 12.2 Å². The second-order valence-corrected chi connectivity index (χ2v) is 4.86. The van der Waals surface area contributed by atoms with Gasteiger partial charge in [-0.2, -0.15) is 0 Å². The Kier molecular flexibility index (Phi) is 9.22. The summed E-state index contributed by atoms with van der Waals surface area (Å²) in [5, 5.41) is 0. The van der Waals surface area contributed by atoms with Gasteiger partial charge in [0, 0.05) is 11.5 Å². The zero-order valence-electron chi connectivity index (χ0n) is 9.49. The van der Waals surface area contributed by atoms with Crippen molar-refractivity contribution in [3.8, 4) is 0 Å². The van der Waals surface area contributed by atoms with E-state index in [1.807, 2.05) is 0 Å². The van der Waals surface area contributed by atoms with Crippen LogP contribution in [0, 0.1) is 0 Å². The number of hydrogen-bond donors (Lipinski definition) is 0. The standard InChI is InChI=1S/C10H16O4S2/c1-8(4-15-6-9(11)13-2)5-16-7-10(12)14-3/h1,4-7H2,2-3H3. The van der Waals surface area contributed by atoms with E-state index in [1.165, 1.54) is 37.7 Å². The third-order valence-corrected chi connectivity index (χ3v) is 3.61. The lowest BCUT2D eigenvalue weighted by molar-refractivity contribution is -0.138. The molecule has 16 heavy (non-hydrogen) atoms. The van der Waals surface area contributed by atoms with Crippen LogP contribution in [0.3, 0.4) is 0 Å². The van der Waals surface area contributed by atoms with Gasteiger partial charge in [-0.05, 0) is 0 Å². The van der Waals surface area contributed by atoms with E-state index in [2.05, 4.69) is 16.1 Å². The quantitative estimate of drug-likeness (QED) is 0.487. The molecule has 0 radical (unpaired) electrons. The number of ether oxygens (including phenoxy) is 2. The first-order valence-corrected chi connectivity index (χ1v) is 6.86. The predicted molar refractivity (Wildman–Crippen MR) is 67.8 cm³/mol. The third-order valence-electron chi connectivity index (χ3n) is 1.51. The molecule has 0 amide bonds. The molecular formula is C10H16O4S2. The first-order valence-electron chi connectivity index (χ1n) is 4.56. The van der Waals surface area contributed by atoms with Gasteiger partial charge >= 0.3 is 11.9 Å². The van der Waals surface area contributed by atoms with Gasteiger partial charge < -0.3 is 9.47 Å². The van der Waals surface area contributed by atoms with Crippen molar-refractivity contribution in [2.75, 3.05) is 37.2 Å². The van der Waals surface area contributed by atoms with Crippen LogP contribution in [0.25, 0.3) is 0 Å². The smallest absolute Gasteiger partial charge is 0.315 e. The molecule has 0 N–H and O–H groups in total. The van der Waals surface area contributed by atoms with Crippen molar-refractivity contribution in [1.82, 2.24) is 0 Å². The highest BCUT2D eigenvalue weighted by atomic mass is 32.2. The van der Waals surface area contributed by atoms with E-state index in [4.69, 9.17) is 0 Å². The normalized spacial score (nSPS) is 9.62. The van der Waals surface area contributed by atoms with Crippen LogP contribution in [-0.2, 0) is 19.1 Å². The van der Waals surface area contributed by atoms with Crippen molar-refractivity contribution in [3.63, 3.8) is 0 Å². The molecule has 0 aromatic rings.